The smallest absolute Gasteiger partial charge is 0.0995 e. The van der Waals surface area contributed by atoms with Crippen LogP contribution in [0.2, 0.25) is 8.67 Å². The van der Waals surface area contributed by atoms with Gasteiger partial charge in [-0.2, -0.15) is 0 Å². The first-order valence-electron chi connectivity index (χ1n) is 6.69. The fourth-order valence-electron chi connectivity index (χ4n) is 2.65. The molecule has 3 rings (SSSR count). The van der Waals surface area contributed by atoms with Crippen LogP contribution in [0.1, 0.15) is 47.9 Å². The molecule has 1 heterocycles. The second-order valence-corrected chi connectivity index (χ2v) is 7.46. The molecule has 0 spiro atoms. The van der Waals surface area contributed by atoms with E-state index in [9.17, 15) is 0 Å². The highest BCUT2D eigenvalue weighted by molar-refractivity contribution is 7.20. The van der Waals surface area contributed by atoms with E-state index in [1.165, 1.54) is 36.2 Å². The highest BCUT2D eigenvalue weighted by atomic mass is 35.5. The van der Waals surface area contributed by atoms with Gasteiger partial charge in [0.25, 0.3) is 0 Å². The second-order valence-electron chi connectivity index (χ2n) is 5.18. The minimum atomic E-state index is -0.119. The van der Waals surface area contributed by atoms with E-state index in [-0.39, 0.29) is 6.04 Å². The standard InChI is InChI=1S/C15H16Cl2N2S/c16-13-8-12(15(17)20-13)14(19-18)11-6-2-5-10(7-11)9-3-1-4-9/h2,5-9,14,19H,1,3-4,18H2. The Morgan fingerprint density at radius 3 is 2.60 bits per heavy atom. The van der Waals surface area contributed by atoms with Crippen molar-refractivity contribution < 1.29 is 0 Å². The van der Waals surface area contributed by atoms with Gasteiger partial charge < -0.3 is 0 Å². The number of halogens is 2. The molecule has 3 N–H and O–H groups in total. The number of nitrogens with two attached hydrogens (primary N) is 1. The van der Waals surface area contributed by atoms with Gasteiger partial charge in [0.15, 0.2) is 0 Å². The SMILES string of the molecule is NNC(c1cccc(C2CCC2)c1)c1cc(Cl)sc1Cl. The fourth-order valence-corrected chi connectivity index (χ4v) is 4.18. The summed E-state index contributed by atoms with van der Waals surface area (Å²) >= 11 is 13.6. The first-order valence-corrected chi connectivity index (χ1v) is 8.27. The molecule has 1 unspecified atom stereocenters. The molecule has 1 aromatic carbocycles. The van der Waals surface area contributed by atoms with Crippen molar-refractivity contribution in [1.29, 1.82) is 0 Å². The number of hydrazine groups is 1. The Labute approximate surface area is 132 Å². The van der Waals surface area contributed by atoms with Crippen LogP contribution in [0.5, 0.6) is 0 Å². The lowest BCUT2D eigenvalue weighted by atomic mass is 9.79. The minimum absolute atomic E-state index is 0.119. The Hall–Kier alpha value is -0.580. The lowest BCUT2D eigenvalue weighted by molar-refractivity contribution is 0.419. The molecule has 1 aromatic heterocycles. The van der Waals surface area contributed by atoms with Gasteiger partial charge in [-0.15, -0.1) is 11.3 Å². The molecule has 0 bridgehead atoms. The topological polar surface area (TPSA) is 38.0 Å². The highest BCUT2D eigenvalue weighted by Gasteiger charge is 2.22. The molecule has 1 saturated carbocycles. The van der Waals surface area contributed by atoms with Gasteiger partial charge in [-0.05, 0) is 36.0 Å². The first kappa shape index (κ1) is 14.4. The Morgan fingerprint density at radius 2 is 2.05 bits per heavy atom. The van der Waals surface area contributed by atoms with Crippen LogP contribution in [0.4, 0.5) is 0 Å². The maximum Gasteiger partial charge on any atom is 0.0995 e. The fraction of sp³-hybridized carbons (Fsp3) is 0.333. The van der Waals surface area contributed by atoms with Crippen molar-refractivity contribution in [2.45, 2.75) is 31.2 Å². The molecule has 106 valence electrons. The third-order valence-electron chi connectivity index (χ3n) is 3.98. The van der Waals surface area contributed by atoms with Crippen molar-refractivity contribution in [3.63, 3.8) is 0 Å². The molecule has 0 saturated heterocycles. The zero-order chi connectivity index (χ0) is 14.1. The third kappa shape index (κ3) is 2.74. The van der Waals surface area contributed by atoms with Crippen molar-refractivity contribution in [2.24, 2.45) is 5.84 Å². The quantitative estimate of drug-likeness (QED) is 0.621. The molecule has 1 aliphatic rings. The summed E-state index contributed by atoms with van der Waals surface area (Å²) in [5.74, 6) is 6.44. The summed E-state index contributed by atoms with van der Waals surface area (Å²) in [6, 6.07) is 10.4. The number of hydrogen-bond donors (Lipinski definition) is 2. The van der Waals surface area contributed by atoms with Crippen LogP contribution in [-0.4, -0.2) is 0 Å². The number of thiophene rings is 1. The Kier molecular flexibility index (Phi) is 4.34. The summed E-state index contributed by atoms with van der Waals surface area (Å²) in [7, 11) is 0. The van der Waals surface area contributed by atoms with Crippen LogP contribution in [0.3, 0.4) is 0 Å². The minimum Gasteiger partial charge on any atom is -0.271 e. The van der Waals surface area contributed by atoms with E-state index in [0.29, 0.717) is 14.6 Å². The lowest BCUT2D eigenvalue weighted by Crippen LogP contribution is -2.28. The Bertz CT molecular complexity index is 608. The Balaban J connectivity index is 1.94. The van der Waals surface area contributed by atoms with E-state index in [1.807, 2.05) is 6.07 Å². The van der Waals surface area contributed by atoms with Gasteiger partial charge >= 0.3 is 0 Å². The molecule has 0 radical (unpaired) electrons. The van der Waals surface area contributed by atoms with E-state index in [4.69, 9.17) is 29.0 Å². The molecule has 1 aliphatic carbocycles. The highest BCUT2D eigenvalue weighted by Crippen LogP contribution is 2.40. The van der Waals surface area contributed by atoms with Gasteiger partial charge in [0.2, 0.25) is 0 Å². The number of nitrogens with one attached hydrogen (secondary N) is 1. The summed E-state index contributed by atoms with van der Waals surface area (Å²) in [5.41, 5.74) is 6.32. The van der Waals surface area contributed by atoms with Crippen LogP contribution in [-0.2, 0) is 0 Å². The van der Waals surface area contributed by atoms with E-state index >= 15 is 0 Å². The maximum absolute atomic E-state index is 6.25. The van der Waals surface area contributed by atoms with Gasteiger partial charge in [0.1, 0.15) is 0 Å². The summed E-state index contributed by atoms with van der Waals surface area (Å²) in [6.45, 7) is 0. The molecule has 2 aromatic rings. The molecule has 1 atom stereocenters. The average Bonchev–Trinajstić information content (AvgIpc) is 2.68. The van der Waals surface area contributed by atoms with Crippen molar-refractivity contribution in [1.82, 2.24) is 5.43 Å². The van der Waals surface area contributed by atoms with E-state index in [0.717, 1.165) is 11.1 Å². The zero-order valence-corrected chi connectivity index (χ0v) is 13.2. The van der Waals surface area contributed by atoms with Crippen LogP contribution >= 0.6 is 34.5 Å². The van der Waals surface area contributed by atoms with Crippen LogP contribution in [0, 0.1) is 0 Å². The van der Waals surface area contributed by atoms with Gasteiger partial charge in [-0.25, -0.2) is 5.43 Å². The normalized spacial score (nSPS) is 16.9. The predicted octanol–water partition coefficient (Wildman–Crippen LogP) is 4.88. The van der Waals surface area contributed by atoms with Crippen molar-refractivity contribution in [2.75, 3.05) is 0 Å². The molecule has 0 amide bonds. The molecule has 5 heteroatoms. The van der Waals surface area contributed by atoms with Crippen molar-refractivity contribution in [3.8, 4) is 0 Å². The van der Waals surface area contributed by atoms with Gasteiger partial charge in [-0.3, -0.25) is 5.84 Å². The van der Waals surface area contributed by atoms with Crippen LogP contribution < -0.4 is 11.3 Å². The zero-order valence-electron chi connectivity index (χ0n) is 10.9. The summed E-state index contributed by atoms with van der Waals surface area (Å²) in [4.78, 5) is 0. The van der Waals surface area contributed by atoms with Gasteiger partial charge in [0.05, 0.1) is 14.7 Å². The van der Waals surface area contributed by atoms with Crippen LogP contribution in [0.25, 0.3) is 0 Å². The first-order chi connectivity index (χ1) is 9.69. The summed E-state index contributed by atoms with van der Waals surface area (Å²) < 4.78 is 1.37. The van der Waals surface area contributed by atoms with E-state index in [1.54, 1.807) is 0 Å². The largest absolute Gasteiger partial charge is 0.271 e. The summed E-state index contributed by atoms with van der Waals surface area (Å²) in [6.07, 6.45) is 3.91. The number of hydrogen-bond acceptors (Lipinski definition) is 3. The monoisotopic (exact) mass is 326 g/mol. The predicted molar refractivity (Wildman–Crippen MR) is 86.5 cm³/mol. The molecule has 1 fully saturated rings. The summed E-state index contributed by atoms with van der Waals surface area (Å²) in [5, 5.41) is 0. The van der Waals surface area contributed by atoms with E-state index < -0.39 is 0 Å². The molecule has 2 nitrogen and oxygen atoms in total. The van der Waals surface area contributed by atoms with Gasteiger partial charge in [-0.1, -0.05) is 53.9 Å². The van der Waals surface area contributed by atoms with Crippen molar-refractivity contribution in [3.05, 3.63) is 55.7 Å². The van der Waals surface area contributed by atoms with E-state index in [2.05, 4.69) is 29.7 Å². The van der Waals surface area contributed by atoms with Crippen molar-refractivity contribution >= 4 is 34.5 Å². The third-order valence-corrected chi connectivity index (χ3v) is 5.50. The molecular weight excluding hydrogens is 311 g/mol. The average molecular weight is 327 g/mol. The number of rotatable bonds is 4. The lowest BCUT2D eigenvalue weighted by Gasteiger charge is -2.27. The molecule has 0 aliphatic heterocycles. The maximum atomic E-state index is 6.25. The van der Waals surface area contributed by atoms with Gasteiger partial charge in [0, 0.05) is 5.56 Å². The van der Waals surface area contributed by atoms with Crippen LogP contribution in [0.15, 0.2) is 30.3 Å². The number of benzene rings is 1. The second kappa shape index (κ2) is 6.04. The molecular formula is C15H16Cl2N2S. The molecule has 20 heavy (non-hydrogen) atoms. The Morgan fingerprint density at radius 1 is 1.25 bits per heavy atom.